The Labute approximate surface area is 402 Å². The number of rotatable bonds is 17. The van der Waals surface area contributed by atoms with Crippen LogP contribution in [0.1, 0.15) is 94.0 Å². The van der Waals surface area contributed by atoms with Gasteiger partial charge in [0.05, 0.1) is 31.1 Å². The van der Waals surface area contributed by atoms with Gasteiger partial charge in [-0.1, -0.05) is 48.6 Å². The monoisotopic (exact) mass is 946 g/mol. The number of likely N-dealkylation sites (tertiary alicyclic amines) is 1. The van der Waals surface area contributed by atoms with Crippen LogP contribution in [0, 0.1) is 11.8 Å². The summed E-state index contributed by atoms with van der Waals surface area (Å²) in [6, 6.07) is 13.6. The lowest BCUT2D eigenvalue weighted by Gasteiger charge is -2.37. The van der Waals surface area contributed by atoms with E-state index in [-0.39, 0.29) is 35.6 Å². The van der Waals surface area contributed by atoms with Crippen LogP contribution in [-0.2, 0) is 41.5 Å². The Hall–Kier alpha value is -5.69. The van der Waals surface area contributed by atoms with Crippen LogP contribution < -0.4 is 26.9 Å². The maximum atomic E-state index is 14.5. The smallest absolute Gasteiger partial charge is 0.424 e. The highest BCUT2D eigenvalue weighted by Gasteiger charge is 2.43. The summed E-state index contributed by atoms with van der Waals surface area (Å²) in [5.74, 6) is 7.83. The SMILES string of the molecule is CCn1c(-c2ccc3c4c(c5ccccc5c3c2)=CC(c2cnc(CCCCNC(=O)[C@@H](NC(O)OC)C3CCOCC3)[nH]2)CC=4)cnc1[C@@H]1CCCN1C(=O)[C@H](C1CCOCC1)N(N)C(=O)OC. The number of benzene rings is 3. The van der Waals surface area contributed by atoms with Crippen LogP contribution in [0.3, 0.4) is 0 Å². The predicted octanol–water partition coefficient (Wildman–Crippen LogP) is 4.49. The first-order valence-electron chi connectivity index (χ1n) is 24.8. The number of hydrogen-bond donors (Lipinski definition) is 5. The average Bonchev–Trinajstić information content (AvgIpc) is 4.18. The maximum Gasteiger partial charge on any atom is 0.424 e. The third-order valence-electron chi connectivity index (χ3n) is 14.8. The summed E-state index contributed by atoms with van der Waals surface area (Å²) in [6.45, 7) is 6.08. The number of nitrogens with two attached hydrogens (primary N) is 1. The maximum absolute atomic E-state index is 14.5. The van der Waals surface area contributed by atoms with Crippen molar-refractivity contribution in [3.8, 4) is 11.3 Å². The van der Waals surface area contributed by atoms with E-state index >= 15 is 0 Å². The molecule has 0 saturated carbocycles. The second-order valence-electron chi connectivity index (χ2n) is 18.8. The molecular weight excluding hydrogens is 879 g/mol. The zero-order chi connectivity index (χ0) is 48.0. The fourth-order valence-corrected chi connectivity index (χ4v) is 11.2. The molecule has 5 aromatic rings. The summed E-state index contributed by atoms with van der Waals surface area (Å²) < 4.78 is 23.2. The molecule has 69 heavy (non-hydrogen) atoms. The number of ether oxygens (including phenoxy) is 4. The Morgan fingerprint density at radius 1 is 0.928 bits per heavy atom. The molecule has 0 spiro atoms. The first kappa shape index (κ1) is 48.3. The Morgan fingerprint density at radius 3 is 2.41 bits per heavy atom. The number of H-pyrrole nitrogens is 1. The molecule has 2 aromatic heterocycles. The number of carbonyl (C=O) groups is 3. The predicted molar refractivity (Wildman–Crippen MR) is 261 cm³/mol. The van der Waals surface area contributed by atoms with Crippen molar-refractivity contribution in [2.24, 2.45) is 17.7 Å². The number of nitrogens with one attached hydrogen (secondary N) is 3. The fraction of sp³-hybridized carbons (Fsp3) is 0.519. The quantitative estimate of drug-likeness (QED) is 0.0218. The molecule has 0 bridgehead atoms. The van der Waals surface area contributed by atoms with Gasteiger partial charge in [-0.15, -0.1) is 0 Å². The molecule has 17 heteroatoms. The van der Waals surface area contributed by atoms with Gasteiger partial charge in [-0.05, 0) is 115 Å². The molecule has 4 aliphatic rings. The highest BCUT2D eigenvalue weighted by atomic mass is 16.6. The van der Waals surface area contributed by atoms with E-state index in [9.17, 15) is 19.5 Å². The Kier molecular flexibility index (Phi) is 15.4. The number of aromatic amines is 1. The highest BCUT2D eigenvalue weighted by molar-refractivity contribution is 6.09. The molecule has 2 unspecified atom stereocenters. The molecule has 9 rings (SSSR count). The van der Waals surface area contributed by atoms with Crippen molar-refractivity contribution in [3.05, 3.63) is 82.6 Å². The van der Waals surface area contributed by atoms with Crippen LogP contribution in [0.15, 0.2) is 54.9 Å². The number of hydrazine groups is 1. The summed E-state index contributed by atoms with van der Waals surface area (Å²) in [4.78, 5) is 55.7. The van der Waals surface area contributed by atoms with Crippen molar-refractivity contribution in [2.45, 2.75) is 108 Å². The molecular formula is C52H67N9O8. The largest absolute Gasteiger partial charge is 0.452 e. The van der Waals surface area contributed by atoms with E-state index in [4.69, 9.17) is 34.8 Å². The number of fused-ring (bicyclic) bond motifs is 6. The molecule has 3 saturated heterocycles. The van der Waals surface area contributed by atoms with Gasteiger partial charge in [0.2, 0.25) is 18.2 Å². The molecule has 1 aliphatic carbocycles. The second kappa shape index (κ2) is 21.9. The Bertz CT molecular complexity index is 2740. The van der Waals surface area contributed by atoms with E-state index in [1.54, 1.807) is 0 Å². The van der Waals surface area contributed by atoms with E-state index in [0.717, 1.165) is 85.0 Å². The molecule has 3 fully saturated rings. The summed E-state index contributed by atoms with van der Waals surface area (Å²) in [5.41, 5.74) is 3.11. The average molecular weight is 946 g/mol. The first-order valence-corrected chi connectivity index (χ1v) is 24.8. The van der Waals surface area contributed by atoms with Crippen LogP contribution in [-0.4, -0.2) is 125 Å². The molecule has 17 nitrogen and oxygen atoms in total. The zero-order valence-electron chi connectivity index (χ0n) is 40.0. The van der Waals surface area contributed by atoms with Gasteiger partial charge in [0.15, 0.2) is 0 Å². The van der Waals surface area contributed by atoms with Crippen LogP contribution in [0.2, 0.25) is 0 Å². The van der Waals surface area contributed by atoms with Crippen molar-refractivity contribution >= 4 is 51.6 Å². The zero-order valence-corrected chi connectivity index (χ0v) is 40.0. The number of nitrogens with zero attached hydrogens (tertiary/aromatic N) is 5. The van der Waals surface area contributed by atoms with E-state index in [1.165, 1.54) is 46.2 Å². The lowest BCUT2D eigenvalue weighted by molar-refractivity contribution is -0.141. The van der Waals surface area contributed by atoms with Gasteiger partial charge in [0.1, 0.15) is 17.7 Å². The number of aromatic nitrogens is 4. The number of imidazole rings is 2. The summed E-state index contributed by atoms with van der Waals surface area (Å²) in [7, 11) is 2.68. The van der Waals surface area contributed by atoms with Crippen molar-refractivity contribution in [2.75, 3.05) is 53.7 Å². The fourth-order valence-electron chi connectivity index (χ4n) is 11.2. The lowest BCUT2D eigenvalue weighted by Crippen LogP contribution is -2.58. The number of aliphatic hydroxyl groups excluding tert-OH is 1. The van der Waals surface area contributed by atoms with Crippen LogP contribution in [0.25, 0.3) is 45.0 Å². The van der Waals surface area contributed by atoms with E-state index in [1.807, 2.05) is 17.3 Å². The number of unbranched alkanes of at least 4 members (excludes halogenated alkanes) is 1. The summed E-state index contributed by atoms with van der Waals surface area (Å²) >= 11 is 0. The molecule has 3 amide bonds. The number of aliphatic hydroxyl groups is 1. The van der Waals surface area contributed by atoms with Crippen molar-refractivity contribution in [3.63, 3.8) is 0 Å². The van der Waals surface area contributed by atoms with Crippen molar-refractivity contribution in [1.82, 2.24) is 40.1 Å². The van der Waals surface area contributed by atoms with Crippen LogP contribution in [0.5, 0.6) is 0 Å². The highest BCUT2D eigenvalue weighted by Crippen LogP contribution is 2.37. The number of amides is 3. The van der Waals surface area contributed by atoms with Gasteiger partial charge in [0.25, 0.3) is 0 Å². The van der Waals surface area contributed by atoms with Gasteiger partial charge < -0.3 is 43.8 Å². The van der Waals surface area contributed by atoms with Crippen molar-refractivity contribution in [1.29, 1.82) is 0 Å². The van der Waals surface area contributed by atoms with Crippen LogP contribution in [0.4, 0.5) is 4.79 Å². The molecule has 3 aliphatic heterocycles. The second-order valence-corrected chi connectivity index (χ2v) is 18.8. The van der Waals surface area contributed by atoms with Gasteiger partial charge in [-0.3, -0.25) is 14.9 Å². The third-order valence-corrected chi connectivity index (χ3v) is 14.8. The van der Waals surface area contributed by atoms with Crippen molar-refractivity contribution < 1.29 is 38.4 Å². The third kappa shape index (κ3) is 10.2. The molecule has 5 atom stereocenters. The molecule has 5 heterocycles. The molecule has 3 aromatic carbocycles. The van der Waals surface area contributed by atoms with E-state index in [2.05, 4.69) is 81.7 Å². The van der Waals surface area contributed by atoms with E-state index < -0.39 is 24.6 Å². The summed E-state index contributed by atoms with van der Waals surface area (Å²) in [6.07, 6.45) is 14.3. The van der Waals surface area contributed by atoms with Gasteiger partial charge in [-0.25, -0.2) is 25.6 Å². The summed E-state index contributed by atoms with van der Waals surface area (Å²) in [5, 5.41) is 24.2. The van der Waals surface area contributed by atoms with E-state index in [0.29, 0.717) is 58.9 Å². The topological polar surface area (TPSA) is 211 Å². The van der Waals surface area contributed by atoms with Crippen LogP contribution >= 0.6 is 0 Å². The lowest BCUT2D eigenvalue weighted by atomic mass is 9.88. The Morgan fingerprint density at radius 2 is 1.67 bits per heavy atom. The molecule has 368 valence electrons. The number of methoxy groups -OCH3 is 2. The number of aryl methyl sites for hydroxylation is 1. The minimum atomic E-state index is -1.21. The van der Waals surface area contributed by atoms with Gasteiger partial charge in [0, 0.05) is 83.0 Å². The minimum Gasteiger partial charge on any atom is -0.452 e. The number of hydrogen-bond acceptors (Lipinski definition) is 12. The number of carbonyl (C=O) groups excluding carboxylic acids is 3. The standard InChI is InChI=1S/C52H67N9O8/c1-4-59-44(31-56-48(59)43-12-9-23-60(43)50(63)47(61(53)52(65)67-3)33-20-26-69-27-21-33)35-15-17-39-38-16-14-34(28-40(38)36-10-5-6-11-37(36)41(39)29-35)42-30-55-45(57-42)13-7-8-22-54-49(62)46(58-51(64)66-2)32-18-24-68-25-19-32/h5-6,10-11,15-17,28-34,43,46-47,51,58,64H,4,7-9,12-14,18-27,53H2,1-3H3,(H,54,62)(H,55,57)/t34?,43-,46-,47-,51?/m0/s1. The normalized spacial score (nSPS) is 20.2. The van der Waals surface area contributed by atoms with Gasteiger partial charge >= 0.3 is 6.09 Å². The molecule has 0 radical (unpaired) electrons. The molecule has 6 N–H and O–H groups in total. The minimum absolute atomic E-state index is 0.0620. The first-order chi connectivity index (χ1) is 33.7. The van der Waals surface area contributed by atoms with Gasteiger partial charge in [-0.2, -0.15) is 0 Å². The Balaban J connectivity index is 0.908.